The molecule has 1 aromatic heterocycles. The van der Waals surface area contributed by atoms with Crippen LogP contribution in [0, 0.1) is 0 Å². The second kappa shape index (κ2) is 5.62. The van der Waals surface area contributed by atoms with Crippen molar-refractivity contribution in [3.05, 3.63) is 59.3 Å². The normalized spacial score (nSPS) is 17.7. The number of aromatic amines is 1. The molecule has 0 aliphatic carbocycles. The van der Waals surface area contributed by atoms with Crippen LogP contribution in [0.1, 0.15) is 16.8 Å². The van der Waals surface area contributed by atoms with E-state index in [1.807, 2.05) is 36.4 Å². The summed E-state index contributed by atoms with van der Waals surface area (Å²) in [6.45, 7) is 0.216. The van der Waals surface area contributed by atoms with Gasteiger partial charge in [0.25, 0.3) is 0 Å². The molecule has 2 aliphatic rings. The van der Waals surface area contributed by atoms with Gasteiger partial charge < -0.3 is 19.2 Å². The SMILES string of the molecule is COC(=O)C1Cc2c([nH]c3ccccc23)C(c2ccc3c(c2)OCO3)=N1. The molecule has 6 heteroatoms. The highest BCUT2D eigenvalue weighted by Gasteiger charge is 2.31. The number of methoxy groups -OCH3 is 1. The number of hydrogen-bond acceptors (Lipinski definition) is 5. The van der Waals surface area contributed by atoms with Crippen LogP contribution in [0.15, 0.2) is 47.5 Å². The molecule has 3 heterocycles. The lowest BCUT2D eigenvalue weighted by atomic mass is 9.94. The van der Waals surface area contributed by atoms with Gasteiger partial charge in [0.1, 0.15) is 0 Å². The summed E-state index contributed by atoms with van der Waals surface area (Å²) in [5.41, 5.74) is 4.65. The molecule has 2 aliphatic heterocycles. The molecule has 26 heavy (non-hydrogen) atoms. The first-order valence-corrected chi connectivity index (χ1v) is 8.40. The number of H-pyrrole nitrogens is 1. The van der Waals surface area contributed by atoms with Gasteiger partial charge >= 0.3 is 5.97 Å². The average molecular weight is 348 g/mol. The fourth-order valence-corrected chi connectivity index (χ4v) is 3.61. The van der Waals surface area contributed by atoms with Gasteiger partial charge in [-0.3, -0.25) is 4.99 Å². The van der Waals surface area contributed by atoms with E-state index in [9.17, 15) is 4.79 Å². The quantitative estimate of drug-likeness (QED) is 0.723. The molecule has 0 saturated heterocycles. The van der Waals surface area contributed by atoms with Crippen molar-refractivity contribution in [2.75, 3.05) is 13.9 Å². The Morgan fingerprint density at radius 1 is 1.19 bits per heavy atom. The largest absolute Gasteiger partial charge is 0.467 e. The first-order chi connectivity index (χ1) is 12.7. The van der Waals surface area contributed by atoms with Crippen LogP contribution >= 0.6 is 0 Å². The van der Waals surface area contributed by atoms with E-state index >= 15 is 0 Å². The van der Waals surface area contributed by atoms with Crippen molar-refractivity contribution in [2.24, 2.45) is 4.99 Å². The second-order valence-corrected chi connectivity index (χ2v) is 6.31. The van der Waals surface area contributed by atoms with Crippen molar-refractivity contribution in [3.8, 4) is 11.5 Å². The van der Waals surface area contributed by atoms with Gasteiger partial charge in [-0.05, 0) is 29.8 Å². The van der Waals surface area contributed by atoms with E-state index in [-0.39, 0.29) is 12.8 Å². The maximum Gasteiger partial charge on any atom is 0.330 e. The van der Waals surface area contributed by atoms with E-state index in [0.717, 1.165) is 33.4 Å². The van der Waals surface area contributed by atoms with Crippen molar-refractivity contribution < 1.29 is 19.0 Å². The standard InChI is InChI=1S/C20H16N2O4/c1-24-20(23)15-9-13-12-4-2-3-5-14(12)21-19(13)18(22-15)11-6-7-16-17(8-11)26-10-25-16/h2-8,15,21H,9-10H2,1H3. The zero-order chi connectivity index (χ0) is 17.7. The minimum Gasteiger partial charge on any atom is -0.467 e. The van der Waals surface area contributed by atoms with Gasteiger partial charge in [0.05, 0.1) is 18.5 Å². The molecular formula is C20H16N2O4. The van der Waals surface area contributed by atoms with Crippen LogP contribution in [0.5, 0.6) is 11.5 Å². The van der Waals surface area contributed by atoms with Gasteiger partial charge in [0.2, 0.25) is 6.79 Å². The Bertz CT molecular complexity index is 1070. The molecule has 0 amide bonds. The summed E-state index contributed by atoms with van der Waals surface area (Å²) in [5, 5.41) is 1.10. The number of nitrogens with zero attached hydrogens (tertiary/aromatic N) is 1. The van der Waals surface area contributed by atoms with Gasteiger partial charge in [0, 0.05) is 22.9 Å². The topological polar surface area (TPSA) is 72.9 Å². The number of aromatic nitrogens is 1. The summed E-state index contributed by atoms with van der Waals surface area (Å²) in [5.74, 6) is 1.06. The second-order valence-electron chi connectivity index (χ2n) is 6.31. The Labute approximate surface area is 149 Å². The molecule has 1 atom stereocenters. The number of hydrogen-bond donors (Lipinski definition) is 1. The van der Waals surface area contributed by atoms with E-state index in [1.165, 1.54) is 7.11 Å². The maximum atomic E-state index is 12.2. The minimum atomic E-state index is -0.563. The first kappa shape index (κ1) is 15.0. The average Bonchev–Trinajstić information content (AvgIpc) is 3.30. The molecule has 130 valence electrons. The van der Waals surface area contributed by atoms with E-state index in [4.69, 9.17) is 19.2 Å². The summed E-state index contributed by atoms with van der Waals surface area (Å²) in [4.78, 5) is 20.4. The summed E-state index contributed by atoms with van der Waals surface area (Å²) in [6.07, 6.45) is 0.514. The highest BCUT2D eigenvalue weighted by molar-refractivity contribution is 6.17. The Morgan fingerprint density at radius 2 is 2.04 bits per heavy atom. The van der Waals surface area contributed by atoms with Crippen molar-refractivity contribution in [1.82, 2.24) is 4.98 Å². The van der Waals surface area contributed by atoms with Crippen LogP contribution in [-0.4, -0.2) is 36.6 Å². The number of nitrogens with one attached hydrogen (secondary N) is 1. The Morgan fingerprint density at radius 3 is 2.92 bits per heavy atom. The maximum absolute atomic E-state index is 12.2. The molecule has 6 nitrogen and oxygen atoms in total. The van der Waals surface area contributed by atoms with Crippen LogP contribution in [0.4, 0.5) is 0 Å². The molecular weight excluding hydrogens is 332 g/mol. The number of aliphatic imine (C=N–C) groups is 1. The van der Waals surface area contributed by atoms with Gasteiger partial charge in [-0.1, -0.05) is 18.2 Å². The monoisotopic (exact) mass is 348 g/mol. The number of esters is 1. The molecule has 5 rings (SSSR count). The summed E-state index contributed by atoms with van der Waals surface area (Å²) in [6, 6.07) is 13.2. The Balaban J connectivity index is 1.71. The Kier molecular flexibility index (Phi) is 3.25. The third-order valence-electron chi connectivity index (χ3n) is 4.85. The number of carbonyl (C=O) groups excluding carboxylic acids is 1. The lowest BCUT2D eigenvalue weighted by Gasteiger charge is -2.20. The highest BCUT2D eigenvalue weighted by atomic mass is 16.7. The van der Waals surface area contributed by atoms with E-state index in [0.29, 0.717) is 17.9 Å². The van der Waals surface area contributed by atoms with Gasteiger partial charge in [-0.25, -0.2) is 4.79 Å². The van der Waals surface area contributed by atoms with Crippen LogP contribution in [0.2, 0.25) is 0 Å². The van der Waals surface area contributed by atoms with Crippen LogP contribution in [0.25, 0.3) is 10.9 Å². The fourth-order valence-electron chi connectivity index (χ4n) is 3.61. The van der Waals surface area contributed by atoms with Gasteiger partial charge in [0.15, 0.2) is 17.5 Å². The molecule has 0 spiro atoms. The zero-order valence-electron chi connectivity index (χ0n) is 14.1. The van der Waals surface area contributed by atoms with E-state index < -0.39 is 6.04 Å². The molecule has 3 aromatic rings. The first-order valence-electron chi connectivity index (χ1n) is 8.40. The van der Waals surface area contributed by atoms with Crippen LogP contribution in [-0.2, 0) is 16.0 Å². The van der Waals surface area contributed by atoms with Gasteiger partial charge in [-0.2, -0.15) is 0 Å². The third-order valence-corrected chi connectivity index (χ3v) is 4.85. The molecule has 0 fully saturated rings. The fraction of sp³-hybridized carbons (Fsp3) is 0.200. The predicted molar refractivity (Wildman–Crippen MR) is 96.0 cm³/mol. The molecule has 0 bridgehead atoms. The van der Waals surface area contributed by atoms with Crippen LogP contribution in [0.3, 0.4) is 0 Å². The van der Waals surface area contributed by atoms with Crippen molar-refractivity contribution >= 4 is 22.6 Å². The smallest absolute Gasteiger partial charge is 0.330 e. The van der Waals surface area contributed by atoms with Crippen molar-refractivity contribution in [2.45, 2.75) is 12.5 Å². The Hall–Kier alpha value is -3.28. The van der Waals surface area contributed by atoms with Crippen LogP contribution < -0.4 is 9.47 Å². The molecule has 0 saturated carbocycles. The van der Waals surface area contributed by atoms with E-state index in [1.54, 1.807) is 0 Å². The number of para-hydroxylation sites is 1. The number of benzene rings is 2. The molecule has 0 radical (unpaired) electrons. The number of rotatable bonds is 2. The number of fused-ring (bicyclic) bond motifs is 4. The summed E-state index contributed by atoms with van der Waals surface area (Å²) >= 11 is 0. The van der Waals surface area contributed by atoms with Gasteiger partial charge in [-0.15, -0.1) is 0 Å². The highest BCUT2D eigenvalue weighted by Crippen LogP contribution is 2.35. The zero-order valence-corrected chi connectivity index (χ0v) is 14.1. The number of ether oxygens (including phenoxy) is 3. The summed E-state index contributed by atoms with van der Waals surface area (Å²) in [7, 11) is 1.39. The molecule has 2 aromatic carbocycles. The third kappa shape index (κ3) is 2.19. The minimum absolute atomic E-state index is 0.216. The molecule has 1 unspecified atom stereocenters. The lowest BCUT2D eigenvalue weighted by molar-refractivity contribution is -0.142. The van der Waals surface area contributed by atoms with E-state index in [2.05, 4.69) is 11.1 Å². The molecule has 1 N–H and O–H groups in total. The number of carbonyl (C=O) groups is 1. The summed E-state index contributed by atoms with van der Waals surface area (Å²) < 4.78 is 15.8. The predicted octanol–water partition coefficient (Wildman–Crippen LogP) is 2.83. The van der Waals surface area contributed by atoms with Crippen molar-refractivity contribution in [3.63, 3.8) is 0 Å². The van der Waals surface area contributed by atoms with Crippen molar-refractivity contribution in [1.29, 1.82) is 0 Å². The lowest BCUT2D eigenvalue weighted by Crippen LogP contribution is -2.29.